The van der Waals surface area contributed by atoms with Gasteiger partial charge in [0, 0.05) is 13.1 Å². The number of nitrogens with one attached hydrogen (secondary N) is 2. The molecule has 2 N–H and O–H groups in total. The van der Waals surface area contributed by atoms with E-state index in [1.54, 1.807) is 0 Å². The van der Waals surface area contributed by atoms with E-state index in [0.29, 0.717) is 18.3 Å². The summed E-state index contributed by atoms with van der Waals surface area (Å²) in [5, 5.41) is 14.7. The second kappa shape index (κ2) is 7.40. The Balaban J connectivity index is 1.99. The molecule has 2 rings (SSSR count). The van der Waals surface area contributed by atoms with Crippen molar-refractivity contribution in [3.8, 4) is 0 Å². The summed E-state index contributed by atoms with van der Waals surface area (Å²) < 4.78 is 1.92. The largest absolute Gasteiger partial charge is 0.350 e. The molecule has 7 nitrogen and oxygen atoms in total. The summed E-state index contributed by atoms with van der Waals surface area (Å²) in [4.78, 5) is 14.6. The van der Waals surface area contributed by atoms with Crippen molar-refractivity contribution < 1.29 is 4.79 Å². The standard InChI is InChI=1S/C16H30N6O/c1-12-14(15(23)18-10-16(2,3)11-21(4)5)19-20-22(12)13-6-8-17-9-7-13/h13,17H,6-11H2,1-5H3,(H,18,23). The van der Waals surface area contributed by atoms with Crippen molar-refractivity contribution in [1.82, 2.24) is 30.5 Å². The molecule has 0 bridgehead atoms. The summed E-state index contributed by atoms with van der Waals surface area (Å²) in [6, 6.07) is 0.343. The normalized spacial score (nSPS) is 16.8. The van der Waals surface area contributed by atoms with Crippen molar-refractivity contribution in [2.75, 3.05) is 40.3 Å². The fourth-order valence-corrected chi connectivity index (χ4v) is 3.26. The fourth-order valence-electron chi connectivity index (χ4n) is 3.26. The minimum Gasteiger partial charge on any atom is -0.350 e. The van der Waals surface area contributed by atoms with Crippen LogP contribution in [-0.4, -0.2) is 66.1 Å². The topological polar surface area (TPSA) is 75.1 Å². The Morgan fingerprint density at radius 3 is 2.65 bits per heavy atom. The van der Waals surface area contributed by atoms with Gasteiger partial charge in [0.2, 0.25) is 0 Å². The number of hydrogen-bond acceptors (Lipinski definition) is 5. The van der Waals surface area contributed by atoms with E-state index in [9.17, 15) is 4.79 Å². The zero-order valence-corrected chi connectivity index (χ0v) is 15.0. The second-order valence-electron chi connectivity index (χ2n) is 7.53. The molecule has 1 aliphatic rings. The zero-order chi connectivity index (χ0) is 17.0. The Kier molecular flexibility index (Phi) is 5.75. The van der Waals surface area contributed by atoms with Crippen molar-refractivity contribution in [3.05, 3.63) is 11.4 Å². The van der Waals surface area contributed by atoms with Gasteiger partial charge in [0.05, 0.1) is 11.7 Å². The smallest absolute Gasteiger partial charge is 0.273 e. The Morgan fingerprint density at radius 2 is 2.04 bits per heavy atom. The minimum atomic E-state index is -0.130. The van der Waals surface area contributed by atoms with Crippen LogP contribution >= 0.6 is 0 Å². The lowest BCUT2D eigenvalue weighted by Gasteiger charge is -2.28. The number of carbonyl (C=O) groups is 1. The fraction of sp³-hybridized carbons (Fsp3) is 0.812. The highest BCUT2D eigenvalue weighted by Crippen LogP contribution is 2.20. The highest BCUT2D eigenvalue weighted by molar-refractivity contribution is 5.93. The second-order valence-corrected chi connectivity index (χ2v) is 7.53. The molecule has 23 heavy (non-hydrogen) atoms. The Hall–Kier alpha value is -1.47. The monoisotopic (exact) mass is 322 g/mol. The molecule has 1 saturated heterocycles. The van der Waals surface area contributed by atoms with Gasteiger partial charge in [-0.25, -0.2) is 4.68 Å². The molecule has 0 aromatic carbocycles. The van der Waals surface area contributed by atoms with E-state index in [-0.39, 0.29) is 11.3 Å². The molecule has 1 aromatic heterocycles. The maximum absolute atomic E-state index is 12.4. The molecule has 0 atom stereocenters. The molecule has 0 unspecified atom stereocenters. The summed E-state index contributed by atoms with van der Waals surface area (Å²) in [5.41, 5.74) is 1.32. The van der Waals surface area contributed by atoms with Crippen LogP contribution in [0.25, 0.3) is 0 Å². The lowest BCUT2D eigenvalue weighted by Crippen LogP contribution is -2.40. The third kappa shape index (κ3) is 4.75. The first-order chi connectivity index (χ1) is 10.8. The van der Waals surface area contributed by atoms with Gasteiger partial charge < -0.3 is 15.5 Å². The molecule has 7 heteroatoms. The van der Waals surface area contributed by atoms with E-state index in [4.69, 9.17) is 0 Å². The average Bonchev–Trinajstić information content (AvgIpc) is 2.86. The van der Waals surface area contributed by atoms with E-state index >= 15 is 0 Å². The summed E-state index contributed by atoms with van der Waals surface area (Å²) in [7, 11) is 4.08. The molecule has 1 aromatic rings. The number of rotatable bonds is 6. The Bertz CT molecular complexity index is 531. The molecule has 1 fully saturated rings. The van der Waals surface area contributed by atoms with Crippen molar-refractivity contribution in [2.45, 2.75) is 39.7 Å². The molecule has 130 valence electrons. The van der Waals surface area contributed by atoms with Crippen LogP contribution in [0, 0.1) is 12.3 Å². The molecular weight excluding hydrogens is 292 g/mol. The van der Waals surface area contributed by atoms with Crippen LogP contribution in [0.5, 0.6) is 0 Å². The quantitative estimate of drug-likeness (QED) is 0.811. The molecule has 1 amide bonds. The van der Waals surface area contributed by atoms with Gasteiger partial charge >= 0.3 is 0 Å². The SMILES string of the molecule is Cc1c(C(=O)NCC(C)(C)CN(C)C)nnn1C1CCNCC1. The lowest BCUT2D eigenvalue weighted by molar-refractivity contribution is 0.0923. The average molecular weight is 322 g/mol. The first kappa shape index (κ1) is 17.9. The van der Waals surface area contributed by atoms with Crippen molar-refractivity contribution >= 4 is 5.91 Å². The Labute approximate surface area is 138 Å². The lowest BCUT2D eigenvalue weighted by atomic mass is 9.93. The van der Waals surface area contributed by atoms with E-state index in [1.165, 1.54) is 0 Å². The first-order valence-electron chi connectivity index (χ1n) is 8.35. The zero-order valence-electron chi connectivity index (χ0n) is 15.0. The maximum atomic E-state index is 12.4. The number of amides is 1. The van der Waals surface area contributed by atoms with E-state index < -0.39 is 0 Å². The third-order valence-corrected chi connectivity index (χ3v) is 4.27. The van der Waals surface area contributed by atoms with Gasteiger partial charge in [-0.05, 0) is 52.4 Å². The highest BCUT2D eigenvalue weighted by atomic mass is 16.2. The maximum Gasteiger partial charge on any atom is 0.273 e. The Morgan fingerprint density at radius 1 is 1.39 bits per heavy atom. The first-order valence-corrected chi connectivity index (χ1v) is 8.35. The molecule has 0 radical (unpaired) electrons. The van der Waals surface area contributed by atoms with Gasteiger partial charge in [0.25, 0.3) is 5.91 Å². The van der Waals surface area contributed by atoms with E-state index in [2.05, 4.69) is 39.7 Å². The van der Waals surface area contributed by atoms with Crippen LogP contribution in [0.2, 0.25) is 0 Å². The summed E-state index contributed by atoms with van der Waals surface area (Å²) in [5.74, 6) is -0.130. The molecule has 0 spiro atoms. The minimum absolute atomic E-state index is 0.0120. The van der Waals surface area contributed by atoms with E-state index in [1.807, 2.05) is 25.7 Å². The van der Waals surface area contributed by atoms with Crippen molar-refractivity contribution in [3.63, 3.8) is 0 Å². The van der Waals surface area contributed by atoms with Crippen LogP contribution in [0.3, 0.4) is 0 Å². The van der Waals surface area contributed by atoms with E-state index in [0.717, 1.165) is 38.2 Å². The van der Waals surface area contributed by atoms with Crippen LogP contribution in [0.1, 0.15) is 48.9 Å². The molecule has 0 aliphatic carbocycles. The number of nitrogens with zero attached hydrogens (tertiary/aromatic N) is 4. The van der Waals surface area contributed by atoms with Crippen LogP contribution in [-0.2, 0) is 0 Å². The van der Waals surface area contributed by atoms with Crippen LogP contribution in [0.15, 0.2) is 0 Å². The third-order valence-electron chi connectivity index (χ3n) is 4.27. The molecule has 0 saturated carbocycles. The van der Waals surface area contributed by atoms with Crippen molar-refractivity contribution in [1.29, 1.82) is 0 Å². The van der Waals surface area contributed by atoms with Gasteiger partial charge in [0.15, 0.2) is 5.69 Å². The molecule has 2 heterocycles. The number of piperidine rings is 1. The van der Waals surface area contributed by atoms with Gasteiger partial charge in [-0.2, -0.15) is 0 Å². The van der Waals surface area contributed by atoms with Crippen LogP contribution in [0.4, 0.5) is 0 Å². The van der Waals surface area contributed by atoms with Gasteiger partial charge in [-0.1, -0.05) is 19.1 Å². The summed E-state index contributed by atoms with van der Waals surface area (Å²) in [6.07, 6.45) is 2.06. The van der Waals surface area contributed by atoms with Gasteiger partial charge in [-0.15, -0.1) is 5.10 Å². The number of carbonyl (C=O) groups excluding carboxylic acids is 1. The summed E-state index contributed by atoms with van der Waals surface area (Å²) >= 11 is 0. The van der Waals surface area contributed by atoms with Gasteiger partial charge in [-0.3, -0.25) is 4.79 Å². The molecular formula is C16H30N6O. The van der Waals surface area contributed by atoms with Gasteiger partial charge in [0.1, 0.15) is 0 Å². The van der Waals surface area contributed by atoms with Crippen LogP contribution < -0.4 is 10.6 Å². The highest BCUT2D eigenvalue weighted by Gasteiger charge is 2.25. The molecule has 1 aliphatic heterocycles. The predicted octanol–water partition coefficient (Wildman–Crippen LogP) is 0.829. The predicted molar refractivity (Wildman–Crippen MR) is 90.6 cm³/mol. The number of hydrogen-bond donors (Lipinski definition) is 2. The number of aromatic nitrogens is 3. The van der Waals surface area contributed by atoms with Crippen molar-refractivity contribution in [2.24, 2.45) is 5.41 Å². The summed E-state index contributed by atoms with van der Waals surface area (Å²) in [6.45, 7) is 9.73.